The molecule has 1 saturated heterocycles. The molecule has 0 radical (unpaired) electrons. The molecular weight excluding hydrogens is 384 g/mol. The largest absolute Gasteiger partial charge is 0.444 e. The Morgan fingerprint density at radius 3 is 2.60 bits per heavy atom. The fourth-order valence-corrected chi connectivity index (χ4v) is 3.07. The van der Waals surface area contributed by atoms with E-state index in [9.17, 15) is 4.79 Å². The minimum atomic E-state index is -0.483. The molecule has 8 heteroatoms. The predicted molar refractivity (Wildman–Crippen MR) is 121 cm³/mol. The molecule has 1 aliphatic rings. The van der Waals surface area contributed by atoms with Crippen LogP contribution in [0.15, 0.2) is 4.99 Å². The third-order valence-corrected chi connectivity index (χ3v) is 4.65. The summed E-state index contributed by atoms with van der Waals surface area (Å²) in [7, 11) is 1.76. The van der Waals surface area contributed by atoms with Crippen LogP contribution in [0, 0.1) is 11.8 Å². The summed E-state index contributed by atoms with van der Waals surface area (Å²) >= 11 is 0. The second kappa shape index (κ2) is 14.5. The lowest BCUT2D eigenvalue weighted by atomic mass is 10.0. The molecule has 176 valence electrons. The molecule has 0 aromatic heterocycles. The summed E-state index contributed by atoms with van der Waals surface area (Å²) < 4.78 is 16.6. The fourth-order valence-electron chi connectivity index (χ4n) is 3.07. The van der Waals surface area contributed by atoms with Gasteiger partial charge in [0.2, 0.25) is 0 Å². The summed E-state index contributed by atoms with van der Waals surface area (Å²) in [6, 6.07) is 0. The molecule has 30 heavy (non-hydrogen) atoms. The second-order valence-corrected chi connectivity index (χ2v) is 9.10. The van der Waals surface area contributed by atoms with Gasteiger partial charge in [-0.3, -0.25) is 4.99 Å². The van der Waals surface area contributed by atoms with E-state index in [4.69, 9.17) is 14.2 Å². The van der Waals surface area contributed by atoms with E-state index >= 15 is 0 Å². The van der Waals surface area contributed by atoms with Gasteiger partial charge in [-0.1, -0.05) is 6.92 Å². The Morgan fingerprint density at radius 2 is 1.97 bits per heavy atom. The zero-order chi connectivity index (χ0) is 22.4. The van der Waals surface area contributed by atoms with Crippen LogP contribution in [0.2, 0.25) is 0 Å². The van der Waals surface area contributed by atoms with Gasteiger partial charge in [0, 0.05) is 59.7 Å². The number of rotatable bonds is 11. The Kier molecular flexibility index (Phi) is 12.8. The van der Waals surface area contributed by atoms with Crippen molar-refractivity contribution >= 4 is 12.1 Å². The molecule has 1 unspecified atom stereocenters. The van der Waals surface area contributed by atoms with Crippen molar-refractivity contribution in [1.29, 1.82) is 0 Å². The van der Waals surface area contributed by atoms with Gasteiger partial charge in [0.1, 0.15) is 5.60 Å². The number of guanidine groups is 1. The van der Waals surface area contributed by atoms with E-state index in [1.54, 1.807) is 11.9 Å². The maximum Gasteiger partial charge on any atom is 0.410 e. The highest BCUT2D eigenvalue weighted by molar-refractivity contribution is 5.79. The van der Waals surface area contributed by atoms with E-state index in [0.717, 1.165) is 64.7 Å². The molecule has 0 aromatic carbocycles. The Hall–Kier alpha value is -1.54. The molecule has 1 rings (SSSR count). The number of nitrogens with one attached hydrogen (secondary N) is 2. The van der Waals surface area contributed by atoms with Crippen LogP contribution < -0.4 is 10.6 Å². The molecule has 2 N–H and O–H groups in total. The maximum absolute atomic E-state index is 12.1. The number of hydrogen-bond acceptors (Lipinski definition) is 5. The van der Waals surface area contributed by atoms with Crippen LogP contribution in [-0.2, 0) is 14.2 Å². The SMILES string of the molecule is CCNC(=NCC(C)CN(C)C(=O)OC(C)(C)C)NCCCOCC1CCOCC1. The van der Waals surface area contributed by atoms with E-state index in [1.165, 1.54) is 0 Å². The molecule has 1 atom stereocenters. The Balaban J connectivity index is 2.25. The third-order valence-electron chi connectivity index (χ3n) is 4.65. The van der Waals surface area contributed by atoms with Crippen molar-refractivity contribution in [1.82, 2.24) is 15.5 Å². The van der Waals surface area contributed by atoms with Gasteiger partial charge >= 0.3 is 6.09 Å². The van der Waals surface area contributed by atoms with Crippen molar-refractivity contribution < 1.29 is 19.0 Å². The Morgan fingerprint density at radius 1 is 1.27 bits per heavy atom. The maximum atomic E-state index is 12.1. The van der Waals surface area contributed by atoms with Gasteiger partial charge in [0.15, 0.2) is 5.96 Å². The van der Waals surface area contributed by atoms with Gasteiger partial charge in [-0.05, 0) is 58.8 Å². The summed E-state index contributed by atoms with van der Waals surface area (Å²) in [5.74, 6) is 1.67. The topological polar surface area (TPSA) is 84.4 Å². The van der Waals surface area contributed by atoms with Gasteiger partial charge in [-0.25, -0.2) is 4.79 Å². The van der Waals surface area contributed by atoms with E-state index in [-0.39, 0.29) is 12.0 Å². The molecule has 0 aliphatic carbocycles. The average Bonchev–Trinajstić information content (AvgIpc) is 2.68. The van der Waals surface area contributed by atoms with Gasteiger partial charge < -0.3 is 29.7 Å². The molecule has 1 fully saturated rings. The first-order valence-corrected chi connectivity index (χ1v) is 11.3. The van der Waals surface area contributed by atoms with Crippen molar-refractivity contribution in [3.63, 3.8) is 0 Å². The average molecular weight is 429 g/mol. The number of amides is 1. The van der Waals surface area contributed by atoms with E-state index in [2.05, 4.69) is 22.5 Å². The quantitative estimate of drug-likeness (QED) is 0.299. The fraction of sp³-hybridized carbons (Fsp3) is 0.909. The van der Waals surface area contributed by atoms with Crippen LogP contribution in [0.1, 0.15) is 53.9 Å². The summed E-state index contributed by atoms with van der Waals surface area (Å²) in [5.41, 5.74) is -0.483. The Bertz CT molecular complexity index is 502. The van der Waals surface area contributed by atoms with Gasteiger partial charge in [0.05, 0.1) is 0 Å². The molecule has 0 bridgehead atoms. The van der Waals surface area contributed by atoms with Crippen molar-refractivity contribution in [3.05, 3.63) is 0 Å². The van der Waals surface area contributed by atoms with Crippen LogP contribution in [-0.4, -0.2) is 82.2 Å². The van der Waals surface area contributed by atoms with Crippen molar-refractivity contribution in [2.45, 2.75) is 59.5 Å². The number of carbonyl (C=O) groups excluding carboxylic acids is 1. The van der Waals surface area contributed by atoms with E-state index in [0.29, 0.717) is 19.0 Å². The van der Waals surface area contributed by atoms with Crippen LogP contribution in [0.3, 0.4) is 0 Å². The van der Waals surface area contributed by atoms with Gasteiger partial charge in [-0.2, -0.15) is 0 Å². The number of ether oxygens (including phenoxy) is 3. The first-order chi connectivity index (χ1) is 14.2. The van der Waals surface area contributed by atoms with E-state index < -0.39 is 5.60 Å². The molecule has 1 heterocycles. The molecule has 0 aromatic rings. The van der Waals surface area contributed by atoms with Crippen LogP contribution >= 0.6 is 0 Å². The number of hydrogen-bond donors (Lipinski definition) is 2. The standard InChI is InChI=1S/C22H44N4O4/c1-7-23-20(24-11-8-12-29-17-19-9-13-28-14-10-19)25-15-18(2)16-26(6)21(27)30-22(3,4)5/h18-19H,7-17H2,1-6H3,(H2,23,24,25). The number of aliphatic imine (C=N–C) groups is 1. The zero-order valence-electron chi connectivity index (χ0n) is 20.0. The number of carbonyl (C=O) groups is 1. The third kappa shape index (κ3) is 12.9. The van der Waals surface area contributed by atoms with Crippen molar-refractivity contribution in [2.24, 2.45) is 16.8 Å². The summed E-state index contributed by atoms with van der Waals surface area (Å²) in [6.45, 7) is 15.9. The molecule has 0 saturated carbocycles. The van der Waals surface area contributed by atoms with Crippen molar-refractivity contribution in [3.8, 4) is 0 Å². The summed E-state index contributed by atoms with van der Waals surface area (Å²) in [5, 5.41) is 6.62. The minimum Gasteiger partial charge on any atom is -0.444 e. The highest BCUT2D eigenvalue weighted by atomic mass is 16.6. The first kappa shape index (κ1) is 26.5. The highest BCUT2D eigenvalue weighted by Crippen LogP contribution is 2.14. The lowest BCUT2D eigenvalue weighted by Gasteiger charge is -2.26. The minimum absolute atomic E-state index is 0.223. The molecular formula is C22H44N4O4. The normalized spacial score (nSPS) is 16.8. The van der Waals surface area contributed by atoms with Gasteiger partial charge in [-0.15, -0.1) is 0 Å². The summed E-state index contributed by atoms with van der Waals surface area (Å²) in [6.07, 6.45) is 2.85. The molecule has 8 nitrogen and oxygen atoms in total. The predicted octanol–water partition coefficient (Wildman–Crippen LogP) is 2.88. The second-order valence-electron chi connectivity index (χ2n) is 9.10. The smallest absolute Gasteiger partial charge is 0.410 e. The Labute approximate surface area is 183 Å². The van der Waals surface area contributed by atoms with Crippen LogP contribution in [0.25, 0.3) is 0 Å². The van der Waals surface area contributed by atoms with Crippen LogP contribution in [0.5, 0.6) is 0 Å². The molecule has 0 spiro atoms. The highest BCUT2D eigenvalue weighted by Gasteiger charge is 2.20. The van der Waals surface area contributed by atoms with Gasteiger partial charge in [0.25, 0.3) is 0 Å². The van der Waals surface area contributed by atoms with Crippen LogP contribution in [0.4, 0.5) is 4.79 Å². The monoisotopic (exact) mass is 428 g/mol. The lowest BCUT2D eigenvalue weighted by molar-refractivity contribution is 0.0203. The lowest BCUT2D eigenvalue weighted by Crippen LogP contribution is -2.39. The molecule has 1 aliphatic heterocycles. The first-order valence-electron chi connectivity index (χ1n) is 11.3. The molecule has 1 amide bonds. The number of nitrogens with zero attached hydrogens (tertiary/aromatic N) is 2. The zero-order valence-corrected chi connectivity index (χ0v) is 20.0. The summed E-state index contributed by atoms with van der Waals surface area (Å²) in [4.78, 5) is 18.4. The van der Waals surface area contributed by atoms with Crippen molar-refractivity contribution in [2.75, 3.05) is 59.7 Å². The van der Waals surface area contributed by atoms with E-state index in [1.807, 2.05) is 27.7 Å².